The van der Waals surface area contributed by atoms with Gasteiger partial charge in [-0.25, -0.2) is 0 Å². The predicted octanol–water partition coefficient (Wildman–Crippen LogP) is 2.14. The van der Waals surface area contributed by atoms with E-state index in [0.717, 1.165) is 24.9 Å². The molecule has 0 radical (unpaired) electrons. The van der Waals surface area contributed by atoms with Crippen molar-refractivity contribution in [2.75, 3.05) is 19.6 Å². The van der Waals surface area contributed by atoms with Gasteiger partial charge in [0.05, 0.1) is 11.5 Å². The van der Waals surface area contributed by atoms with E-state index in [1.54, 1.807) is 0 Å². The van der Waals surface area contributed by atoms with Crippen LogP contribution in [0, 0.1) is 0 Å². The molecule has 1 heterocycles. The second-order valence-electron chi connectivity index (χ2n) is 6.03. The van der Waals surface area contributed by atoms with Gasteiger partial charge in [-0.2, -0.15) is 0 Å². The van der Waals surface area contributed by atoms with Gasteiger partial charge in [-0.3, -0.25) is 4.79 Å². The smallest absolute Gasteiger partial charge is 0.227 e. The van der Waals surface area contributed by atoms with E-state index in [2.05, 4.69) is 10.2 Å². The maximum atomic E-state index is 12.4. The Labute approximate surface area is 115 Å². The van der Waals surface area contributed by atoms with Crippen LogP contribution >= 0.6 is 0 Å². The Hall–Kier alpha value is -1.35. The molecule has 0 aromatic heterocycles. The van der Waals surface area contributed by atoms with E-state index in [9.17, 15) is 4.79 Å². The zero-order valence-electron chi connectivity index (χ0n) is 11.6. The lowest BCUT2D eigenvalue weighted by Crippen LogP contribution is -2.50. The molecule has 3 nitrogen and oxygen atoms in total. The molecule has 1 aromatic carbocycles. The largest absolute Gasteiger partial charge is 0.349 e. The number of nitrogens with one attached hydrogen (secondary N) is 1. The van der Waals surface area contributed by atoms with Crippen molar-refractivity contribution in [3.63, 3.8) is 0 Å². The molecule has 1 N–H and O–H groups in total. The standard InChI is InChI=1S/C16H22N2O/c1-13(14-6-3-2-4-7-14)15(19)17-16(8-9-16)12-18-10-5-11-18/h2-4,6-7,13H,5,8-12H2,1H3,(H,17,19)/t13-/m1/s1. The summed E-state index contributed by atoms with van der Waals surface area (Å²) in [7, 11) is 0. The molecular formula is C16H22N2O. The van der Waals surface area contributed by atoms with Crippen LogP contribution in [0.25, 0.3) is 0 Å². The molecule has 1 aliphatic carbocycles. The fourth-order valence-corrected chi connectivity index (χ4v) is 2.70. The van der Waals surface area contributed by atoms with Crippen LogP contribution in [0.2, 0.25) is 0 Å². The lowest BCUT2D eigenvalue weighted by molar-refractivity contribution is -0.123. The van der Waals surface area contributed by atoms with Gasteiger partial charge in [-0.05, 0) is 44.8 Å². The average Bonchev–Trinajstić information content (AvgIpc) is 3.14. The number of hydrogen-bond donors (Lipinski definition) is 1. The second kappa shape index (κ2) is 4.97. The minimum atomic E-state index is -0.0601. The fourth-order valence-electron chi connectivity index (χ4n) is 2.70. The summed E-state index contributed by atoms with van der Waals surface area (Å²) < 4.78 is 0. The van der Waals surface area contributed by atoms with Gasteiger partial charge in [0, 0.05) is 6.54 Å². The lowest BCUT2D eigenvalue weighted by atomic mass is 10.00. The molecule has 2 fully saturated rings. The Morgan fingerprint density at radius 2 is 2.00 bits per heavy atom. The number of carbonyl (C=O) groups is 1. The van der Waals surface area contributed by atoms with Crippen LogP contribution < -0.4 is 5.32 Å². The number of carbonyl (C=O) groups excluding carboxylic acids is 1. The number of likely N-dealkylation sites (tertiary alicyclic amines) is 1. The fraction of sp³-hybridized carbons (Fsp3) is 0.562. The van der Waals surface area contributed by atoms with Crippen LogP contribution in [-0.2, 0) is 4.79 Å². The number of amides is 1. The van der Waals surface area contributed by atoms with E-state index >= 15 is 0 Å². The van der Waals surface area contributed by atoms with E-state index in [0.29, 0.717) is 0 Å². The Morgan fingerprint density at radius 3 is 2.53 bits per heavy atom. The van der Waals surface area contributed by atoms with Gasteiger partial charge >= 0.3 is 0 Å². The van der Waals surface area contributed by atoms with Crippen LogP contribution in [0.4, 0.5) is 0 Å². The molecule has 1 atom stereocenters. The maximum Gasteiger partial charge on any atom is 0.227 e. The molecule has 2 aliphatic rings. The number of benzene rings is 1. The summed E-state index contributed by atoms with van der Waals surface area (Å²) in [5, 5.41) is 3.28. The van der Waals surface area contributed by atoms with Crippen LogP contribution in [0.1, 0.15) is 37.7 Å². The minimum absolute atomic E-state index is 0.0601. The van der Waals surface area contributed by atoms with E-state index in [4.69, 9.17) is 0 Å². The van der Waals surface area contributed by atoms with Crippen molar-refractivity contribution in [2.45, 2.75) is 37.6 Å². The minimum Gasteiger partial charge on any atom is -0.349 e. The summed E-state index contributed by atoms with van der Waals surface area (Å²) in [6.07, 6.45) is 3.58. The van der Waals surface area contributed by atoms with Gasteiger partial charge in [-0.15, -0.1) is 0 Å². The third kappa shape index (κ3) is 2.81. The lowest BCUT2D eigenvalue weighted by Gasteiger charge is -2.35. The summed E-state index contributed by atoms with van der Waals surface area (Å²) in [6, 6.07) is 10.0. The number of hydrogen-bond acceptors (Lipinski definition) is 2. The van der Waals surface area contributed by atoms with Crippen molar-refractivity contribution >= 4 is 5.91 Å². The van der Waals surface area contributed by atoms with Crippen molar-refractivity contribution in [3.8, 4) is 0 Å². The average molecular weight is 258 g/mol. The van der Waals surface area contributed by atoms with Crippen molar-refractivity contribution in [3.05, 3.63) is 35.9 Å². The highest BCUT2D eigenvalue weighted by atomic mass is 16.2. The molecule has 0 spiro atoms. The summed E-state index contributed by atoms with van der Waals surface area (Å²) in [4.78, 5) is 14.8. The monoisotopic (exact) mass is 258 g/mol. The summed E-state index contributed by atoms with van der Waals surface area (Å²) in [6.45, 7) is 5.43. The molecule has 1 saturated carbocycles. The van der Waals surface area contributed by atoms with Crippen LogP contribution in [-0.4, -0.2) is 36.0 Å². The van der Waals surface area contributed by atoms with Gasteiger partial charge in [0.15, 0.2) is 0 Å². The van der Waals surface area contributed by atoms with Gasteiger partial charge in [0.2, 0.25) is 5.91 Å². The first-order valence-electron chi connectivity index (χ1n) is 7.28. The van der Waals surface area contributed by atoms with Gasteiger partial charge in [-0.1, -0.05) is 30.3 Å². The molecule has 19 heavy (non-hydrogen) atoms. The first-order valence-corrected chi connectivity index (χ1v) is 7.28. The highest BCUT2D eigenvalue weighted by Gasteiger charge is 2.46. The second-order valence-corrected chi connectivity index (χ2v) is 6.03. The third-order valence-electron chi connectivity index (χ3n) is 4.41. The molecule has 1 amide bonds. The quantitative estimate of drug-likeness (QED) is 0.877. The van der Waals surface area contributed by atoms with Gasteiger partial charge < -0.3 is 10.2 Å². The zero-order valence-corrected chi connectivity index (χ0v) is 11.6. The van der Waals surface area contributed by atoms with E-state index in [-0.39, 0.29) is 17.4 Å². The molecule has 102 valence electrons. The molecule has 3 rings (SSSR count). The Bertz CT molecular complexity index is 449. The van der Waals surface area contributed by atoms with Crippen molar-refractivity contribution in [1.29, 1.82) is 0 Å². The highest BCUT2D eigenvalue weighted by molar-refractivity contribution is 5.84. The molecule has 0 unspecified atom stereocenters. The van der Waals surface area contributed by atoms with Gasteiger partial charge in [0.1, 0.15) is 0 Å². The molecule has 3 heteroatoms. The number of rotatable bonds is 5. The Morgan fingerprint density at radius 1 is 1.32 bits per heavy atom. The first kappa shape index (κ1) is 12.7. The van der Waals surface area contributed by atoms with Crippen molar-refractivity contribution in [2.24, 2.45) is 0 Å². The molecular weight excluding hydrogens is 236 g/mol. The topological polar surface area (TPSA) is 32.3 Å². The van der Waals surface area contributed by atoms with E-state index in [1.165, 1.54) is 19.5 Å². The molecule has 1 aromatic rings. The molecule has 0 bridgehead atoms. The van der Waals surface area contributed by atoms with Crippen molar-refractivity contribution < 1.29 is 4.79 Å². The van der Waals surface area contributed by atoms with Gasteiger partial charge in [0.25, 0.3) is 0 Å². The van der Waals surface area contributed by atoms with Crippen molar-refractivity contribution in [1.82, 2.24) is 10.2 Å². The third-order valence-corrected chi connectivity index (χ3v) is 4.41. The normalized spacial score (nSPS) is 22.4. The van der Waals surface area contributed by atoms with E-state index in [1.807, 2.05) is 37.3 Å². The van der Waals surface area contributed by atoms with E-state index < -0.39 is 0 Å². The highest BCUT2D eigenvalue weighted by Crippen LogP contribution is 2.37. The van der Waals surface area contributed by atoms with Crippen LogP contribution in [0.3, 0.4) is 0 Å². The maximum absolute atomic E-state index is 12.4. The predicted molar refractivity (Wildman–Crippen MR) is 76.0 cm³/mol. The SMILES string of the molecule is C[C@@H](C(=O)NC1(CN2CCC2)CC1)c1ccccc1. The van der Waals surface area contributed by atoms with Crippen LogP contribution in [0.15, 0.2) is 30.3 Å². The summed E-state index contributed by atoms with van der Waals surface area (Å²) in [5.41, 5.74) is 1.18. The summed E-state index contributed by atoms with van der Waals surface area (Å²) in [5.74, 6) is 0.110. The first-order chi connectivity index (χ1) is 9.19. The molecule has 1 aliphatic heterocycles. The Balaban J connectivity index is 1.58. The van der Waals surface area contributed by atoms with Crippen LogP contribution in [0.5, 0.6) is 0 Å². The Kier molecular flexibility index (Phi) is 3.31. The molecule has 1 saturated heterocycles. The zero-order chi connectivity index (χ0) is 13.3. The number of nitrogens with zero attached hydrogens (tertiary/aromatic N) is 1. The summed E-state index contributed by atoms with van der Waals surface area (Å²) >= 11 is 0.